The van der Waals surface area contributed by atoms with Gasteiger partial charge in [-0.3, -0.25) is 0 Å². The molecule has 4 heteroatoms. The summed E-state index contributed by atoms with van der Waals surface area (Å²) >= 11 is 3.36. The molecule has 0 aliphatic carbocycles. The van der Waals surface area contributed by atoms with Crippen LogP contribution in [0.2, 0.25) is 0 Å². The summed E-state index contributed by atoms with van der Waals surface area (Å²) in [6, 6.07) is 5.77. The van der Waals surface area contributed by atoms with Crippen molar-refractivity contribution >= 4 is 21.9 Å². The lowest BCUT2D eigenvalue weighted by atomic mass is 10.1. The number of carbonyl (C=O) groups is 1. The van der Waals surface area contributed by atoms with Crippen LogP contribution in [0.15, 0.2) is 22.7 Å². The number of halogens is 1. The maximum Gasteiger partial charge on any atom is 0.335 e. The van der Waals surface area contributed by atoms with E-state index in [2.05, 4.69) is 20.7 Å². The molecule has 0 amide bonds. The summed E-state index contributed by atoms with van der Waals surface area (Å²) in [7, 11) is 1.26. The minimum atomic E-state index is -1.09. The molecule has 1 aromatic carbocycles. The molecule has 15 heavy (non-hydrogen) atoms. The van der Waals surface area contributed by atoms with E-state index in [1.807, 2.05) is 25.1 Å². The van der Waals surface area contributed by atoms with Gasteiger partial charge in [-0.1, -0.05) is 22.0 Å². The molecule has 0 bridgehead atoms. The molecule has 1 atom stereocenters. The van der Waals surface area contributed by atoms with E-state index in [-0.39, 0.29) is 6.42 Å². The van der Waals surface area contributed by atoms with E-state index in [4.69, 9.17) is 0 Å². The lowest BCUT2D eigenvalue weighted by Crippen LogP contribution is -2.24. The summed E-state index contributed by atoms with van der Waals surface area (Å²) < 4.78 is 5.38. The number of aliphatic hydroxyl groups is 1. The first kappa shape index (κ1) is 12.2. The van der Waals surface area contributed by atoms with Crippen LogP contribution >= 0.6 is 15.9 Å². The van der Waals surface area contributed by atoms with Gasteiger partial charge in [0, 0.05) is 10.9 Å². The van der Waals surface area contributed by atoms with E-state index < -0.39 is 12.1 Å². The number of aliphatic hydroxyl groups excluding tert-OH is 1. The Labute approximate surface area is 97.2 Å². The molecule has 0 saturated carbocycles. The first-order valence-electron chi connectivity index (χ1n) is 4.55. The van der Waals surface area contributed by atoms with Gasteiger partial charge in [-0.05, 0) is 30.2 Å². The predicted octanol–water partition coefficient (Wildman–Crippen LogP) is 1.83. The zero-order valence-corrected chi connectivity index (χ0v) is 10.2. The van der Waals surface area contributed by atoms with Gasteiger partial charge in [-0.15, -0.1) is 0 Å². The molecule has 0 aromatic heterocycles. The van der Waals surface area contributed by atoms with Gasteiger partial charge >= 0.3 is 5.97 Å². The van der Waals surface area contributed by atoms with Crippen molar-refractivity contribution < 1.29 is 14.6 Å². The Hall–Kier alpha value is -0.870. The van der Waals surface area contributed by atoms with Crippen LogP contribution in [-0.4, -0.2) is 24.3 Å². The second-order valence-electron chi connectivity index (χ2n) is 3.38. The van der Waals surface area contributed by atoms with Gasteiger partial charge in [0.1, 0.15) is 0 Å². The summed E-state index contributed by atoms with van der Waals surface area (Å²) in [5, 5.41) is 9.46. The van der Waals surface area contributed by atoms with Crippen molar-refractivity contribution in [3.05, 3.63) is 33.8 Å². The molecule has 1 unspecified atom stereocenters. The fraction of sp³-hybridized carbons (Fsp3) is 0.364. The van der Waals surface area contributed by atoms with Crippen LogP contribution < -0.4 is 0 Å². The quantitative estimate of drug-likeness (QED) is 0.855. The van der Waals surface area contributed by atoms with Crippen molar-refractivity contribution in [3.63, 3.8) is 0 Å². The van der Waals surface area contributed by atoms with Crippen molar-refractivity contribution in [2.24, 2.45) is 0 Å². The highest BCUT2D eigenvalue weighted by Gasteiger charge is 2.15. The smallest absolute Gasteiger partial charge is 0.335 e. The fourth-order valence-electron chi connectivity index (χ4n) is 1.37. The number of carbonyl (C=O) groups excluding carboxylic acids is 1. The van der Waals surface area contributed by atoms with E-state index in [9.17, 15) is 9.90 Å². The molecule has 1 aromatic rings. The van der Waals surface area contributed by atoms with Crippen LogP contribution in [0.3, 0.4) is 0 Å². The van der Waals surface area contributed by atoms with Crippen molar-refractivity contribution in [3.8, 4) is 0 Å². The maximum absolute atomic E-state index is 11.0. The normalized spacial score (nSPS) is 12.3. The van der Waals surface area contributed by atoms with Crippen molar-refractivity contribution in [1.29, 1.82) is 0 Å². The van der Waals surface area contributed by atoms with Gasteiger partial charge < -0.3 is 9.84 Å². The number of esters is 1. The molecule has 1 N–H and O–H groups in total. The first-order valence-corrected chi connectivity index (χ1v) is 5.34. The van der Waals surface area contributed by atoms with Crippen molar-refractivity contribution in [1.82, 2.24) is 0 Å². The standard InChI is InChI=1S/C11H13BrO3/c1-7-3-8(5-9(12)4-7)6-10(13)11(14)15-2/h3-5,10,13H,6H2,1-2H3. The third kappa shape index (κ3) is 3.64. The van der Waals surface area contributed by atoms with Crippen LogP contribution in [0.5, 0.6) is 0 Å². The Kier molecular flexibility index (Phi) is 4.29. The Morgan fingerprint density at radius 2 is 2.20 bits per heavy atom. The van der Waals surface area contributed by atoms with E-state index in [1.54, 1.807) is 0 Å². The number of hydrogen-bond acceptors (Lipinski definition) is 3. The van der Waals surface area contributed by atoms with E-state index in [0.29, 0.717) is 0 Å². The van der Waals surface area contributed by atoms with Gasteiger partial charge in [0.05, 0.1) is 7.11 Å². The average Bonchev–Trinajstić information content (AvgIpc) is 2.14. The third-order valence-electron chi connectivity index (χ3n) is 2.00. The topological polar surface area (TPSA) is 46.5 Å². The van der Waals surface area contributed by atoms with Gasteiger partial charge in [0.15, 0.2) is 6.10 Å². The van der Waals surface area contributed by atoms with Crippen LogP contribution in [-0.2, 0) is 16.0 Å². The largest absolute Gasteiger partial charge is 0.467 e. The molecule has 0 aliphatic rings. The lowest BCUT2D eigenvalue weighted by Gasteiger charge is -2.09. The van der Waals surface area contributed by atoms with E-state index in [0.717, 1.165) is 15.6 Å². The molecule has 1 rings (SSSR count). The summed E-state index contributed by atoms with van der Waals surface area (Å²) in [6.45, 7) is 1.96. The highest BCUT2D eigenvalue weighted by Crippen LogP contribution is 2.16. The van der Waals surface area contributed by atoms with Gasteiger partial charge in [-0.2, -0.15) is 0 Å². The number of benzene rings is 1. The Bertz CT molecular complexity index is 343. The predicted molar refractivity (Wildman–Crippen MR) is 60.6 cm³/mol. The summed E-state index contributed by atoms with van der Waals surface area (Å²) in [5.41, 5.74) is 1.98. The number of hydrogen-bond donors (Lipinski definition) is 1. The third-order valence-corrected chi connectivity index (χ3v) is 2.46. The van der Waals surface area contributed by atoms with Gasteiger partial charge in [0.2, 0.25) is 0 Å². The number of rotatable bonds is 3. The molecular formula is C11H13BrO3. The SMILES string of the molecule is COC(=O)C(O)Cc1cc(C)cc(Br)c1. The average molecular weight is 273 g/mol. The minimum Gasteiger partial charge on any atom is -0.467 e. The maximum atomic E-state index is 11.0. The van der Waals surface area contributed by atoms with Crippen LogP contribution in [0.1, 0.15) is 11.1 Å². The second-order valence-corrected chi connectivity index (χ2v) is 4.30. The summed E-state index contributed by atoms with van der Waals surface area (Å²) in [5.74, 6) is -0.604. The molecule has 3 nitrogen and oxygen atoms in total. The molecule has 0 saturated heterocycles. The molecule has 82 valence electrons. The monoisotopic (exact) mass is 272 g/mol. The molecule has 0 aliphatic heterocycles. The first-order chi connectivity index (χ1) is 7.02. The Morgan fingerprint density at radius 1 is 1.53 bits per heavy atom. The molecule has 0 heterocycles. The van der Waals surface area contributed by atoms with E-state index >= 15 is 0 Å². The van der Waals surface area contributed by atoms with Gasteiger partial charge in [0.25, 0.3) is 0 Å². The number of ether oxygens (including phenoxy) is 1. The van der Waals surface area contributed by atoms with Crippen molar-refractivity contribution in [2.45, 2.75) is 19.4 Å². The minimum absolute atomic E-state index is 0.271. The number of methoxy groups -OCH3 is 1. The fourth-order valence-corrected chi connectivity index (χ4v) is 2.03. The van der Waals surface area contributed by atoms with Crippen molar-refractivity contribution in [2.75, 3.05) is 7.11 Å². The highest BCUT2D eigenvalue weighted by molar-refractivity contribution is 9.10. The summed E-state index contributed by atoms with van der Waals surface area (Å²) in [4.78, 5) is 11.0. The zero-order valence-electron chi connectivity index (χ0n) is 8.66. The van der Waals surface area contributed by atoms with Crippen LogP contribution in [0, 0.1) is 6.92 Å². The van der Waals surface area contributed by atoms with Crippen LogP contribution in [0.4, 0.5) is 0 Å². The molecule has 0 spiro atoms. The Morgan fingerprint density at radius 3 is 2.73 bits per heavy atom. The van der Waals surface area contributed by atoms with Crippen LogP contribution in [0.25, 0.3) is 0 Å². The highest BCUT2D eigenvalue weighted by atomic mass is 79.9. The molecule has 0 fully saturated rings. The number of aryl methyl sites for hydroxylation is 1. The zero-order chi connectivity index (χ0) is 11.4. The Balaban J connectivity index is 2.76. The molecule has 0 radical (unpaired) electrons. The van der Waals surface area contributed by atoms with E-state index in [1.165, 1.54) is 7.11 Å². The summed E-state index contributed by atoms with van der Waals surface area (Å²) in [6.07, 6.45) is -0.823. The lowest BCUT2D eigenvalue weighted by molar-refractivity contribution is -0.150. The second kappa shape index (κ2) is 5.28. The molecular weight excluding hydrogens is 260 g/mol. The van der Waals surface area contributed by atoms with Gasteiger partial charge in [-0.25, -0.2) is 4.79 Å².